The smallest absolute Gasteiger partial charge is 0.230 e. The highest BCUT2D eigenvalue weighted by Gasteiger charge is 2.17. The summed E-state index contributed by atoms with van der Waals surface area (Å²) in [6.45, 7) is 2.41. The summed E-state index contributed by atoms with van der Waals surface area (Å²) in [5.41, 5.74) is 3.07. The van der Waals surface area contributed by atoms with Crippen LogP contribution >= 0.6 is 11.8 Å². The van der Waals surface area contributed by atoms with Gasteiger partial charge in [-0.2, -0.15) is 0 Å². The van der Waals surface area contributed by atoms with Crippen molar-refractivity contribution < 1.29 is 9.21 Å². The Bertz CT molecular complexity index is 1090. The number of amides is 1. The first kappa shape index (κ1) is 19.0. The number of benzene rings is 2. The van der Waals surface area contributed by atoms with Crippen LogP contribution in [0.1, 0.15) is 11.3 Å². The van der Waals surface area contributed by atoms with Gasteiger partial charge in [-0.25, -0.2) is 0 Å². The molecule has 4 rings (SSSR count). The Kier molecular flexibility index (Phi) is 5.76. The summed E-state index contributed by atoms with van der Waals surface area (Å²) in [5, 5.41) is 12.3. The van der Waals surface area contributed by atoms with Crippen molar-refractivity contribution in [3.05, 3.63) is 84.3 Å². The molecule has 0 radical (unpaired) electrons. The molecule has 0 aliphatic heterocycles. The Labute approximate surface area is 173 Å². The van der Waals surface area contributed by atoms with Crippen molar-refractivity contribution in [2.75, 3.05) is 5.75 Å². The van der Waals surface area contributed by atoms with Crippen LogP contribution in [0, 0.1) is 6.92 Å². The van der Waals surface area contributed by atoms with Gasteiger partial charge in [-0.1, -0.05) is 54.2 Å². The number of hydrogen-bond donors (Lipinski definition) is 1. The second-order valence-electron chi connectivity index (χ2n) is 6.49. The number of nitrogens with zero attached hydrogens (tertiary/aromatic N) is 3. The van der Waals surface area contributed by atoms with Gasteiger partial charge < -0.3 is 9.73 Å². The number of furan rings is 1. The predicted octanol–water partition coefficient (Wildman–Crippen LogP) is 4.24. The largest absolute Gasteiger partial charge is 0.467 e. The molecule has 0 unspecified atom stereocenters. The molecule has 1 N–H and O–H groups in total. The second kappa shape index (κ2) is 8.79. The highest BCUT2D eigenvalue weighted by Crippen LogP contribution is 2.28. The predicted molar refractivity (Wildman–Crippen MR) is 113 cm³/mol. The summed E-state index contributed by atoms with van der Waals surface area (Å²) < 4.78 is 7.23. The van der Waals surface area contributed by atoms with E-state index in [1.165, 1.54) is 11.8 Å². The van der Waals surface area contributed by atoms with Gasteiger partial charge >= 0.3 is 0 Å². The summed E-state index contributed by atoms with van der Waals surface area (Å²) in [5.74, 6) is 1.61. The van der Waals surface area contributed by atoms with E-state index in [-0.39, 0.29) is 11.7 Å². The van der Waals surface area contributed by atoms with Crippen LogP contribution in [0.2, 0.25) is 0 Å². The SMILES string of the molecule is Cc1cccc(-n2c(SCC(=O)NCc3ccco3)nnc2-c2ccccc2)c1. The number of aryl methyl sites for hydroxylation is 1. The summed E-state index contributed by atoms with van der Waals surface area (Å²) in [6.07, 6.45) is 1.59. The number of carbonyl (C=O) groups is 1. The van der Waals surface area contributed by atoms with Crippen LogP contribution in [0.25, 0.3) is 17.1 Å². The standard InChI is InChI=1S/C22H20N4O2S/c1-16-7-5-10-18(13-16)26-21(17-8-3-2-4-9-17)24-25-22(26)29-15-20(27)23-14-19-11-6-12-28-19/h2-13H,14-15H2,1H3,(H,23,27). The zero-order valence-electron chi connectivity index (χ0n) is 15.9. The number of nitrogens with one attached hydrogen (secondary N) is 1. The average molecular weight is 404 g/mol. The molecule has 0 spiro atoms. The van der Waals surface area contributed by atoms with E-state index in [9.17, 15) is 4.79 Å². The fourth-order valence-electron chi connectivity index (χ4n) is 2.92. The van der Waals surface area contributed by atoms with Crippen LogP contribution in [0.3, 0.4) is 0 Å². The summed E-state index contributed by atoms with van der Waals surface area (Å²) in [7, 11) is 0. The van der Waals surface area contributed by atoms with E-state index in [1.807, 2.05) is 66.1 Å². The van der Waals surface area contributed by atoms with Gasteiger partial charge in [0, 0.05) is 11.3 Å². The first-order chi connectivity index (χ1) is 14.2. The monoisotopic (exact) mass is 404 g/mol. The van der Waals surface area contributed by atoms with Crippen molar-refractivity contribution in [3.63, 3.8) is 0 Å². The van der Waals surface area contributed by atoms with Gasteiger partial charge in [0.1, 0.15) is 5.76 Å². The normalized spacial score (nSPS) is 10.8. The van der Waals surface area contributed by atoms with Crippen molar-refractivity contribution in [3.8, 4) is 17.1 Å². The Hall–Kier alpha value is -3.32. The van der Waals surface area contributed by atoms with Crippen LogP contribution < -0.4 is 5.32 Å². The fourth-order valence-corrected chi connectivity index (χ4v) is 3.70. The first-order valence-electron chi connectivity index (χ1n) is 9.20. The molecule has 0 saturated heterocycles. The number of thioether (sulfide) groups is 1. The molecule has 0 aliphatic rings. The second-order valence-corrected chi connectivity index (χ2v) is 7.43. The Morgan fingerprint density at radius 3 is 2.69 bits per heavy atom. The molecule has 1 amide bonds. The molecule has 0 fully saturated rings. The molecule has 2 aromatic heterocycles. The van der Waals surface area contributed by atoms with Crippen molar-refractivity contribution in [1.82, 2.24) is 20.1 Å². The van der Waals surface area contributed by atoms with Crippen LogP contribution in [0.5, 0.6) is 0 Å². The van der Waals surface area contributed by atoms with Gasteiger partial charge in [0.2, 0.25) is 5.91 Å². The third-order valence-corrected chi connectivity index (χ3v) is 5.23. The maximum absolute atomic E-state index is 12.3. The highest BCUT2D eigenvalue weighted by molar-refractivity contribution is 7.99. The summed E-state index contributed by atoms with van der Waals surface area (Å²) >= 11 is 1.36. The maximum Gasteiger partial charge on any atom is 0.230 e. The number of aromatic nitrogens is 3. The lowest BCUT2D eigenvalue weighted by Gasteiger charge is -2.11. The molecular formula is C22H20N4O2S. The van der Waals surface area contributed by atoms with Crippen molar-refractivity contribution in [1.29, 1.82) is 0 Å². The quantitative estimate of drug-likeness (QED) is 0.466. The third kappa shape index (κ3) is 4.57. The average Bonchev–Trinajstić information content (AvgIpc) is 3.41. The topological polar surface area (TPSA) is 73.0 Å². The van der Waals surface area contributed by atoms with Crippen molar-refractivity contribution in [2.24, 2.45) is 0 Å². The molecule has 29 heavy (non-hydrogen) atoms. The molecule has 0 aliphatic carbocycles. The van der Waals surface area contributed by atoms with Gasteiger partial charge in [0.15, 0.2) is 11.0 Å². The van der Waals surface area contributed by atoms with Crippen LogP contribution in [-0.2, 0) is 11.3 Å². The van der Waals surface area contributed by atoms with Gasteiger partial charge in [-0.15, -0.1) is 10.2 Å². The van der Waals surface area contributed by atoms with E-state index in [0.29, 0.717) is 11.7 Å². The molecule has 146 valence electrons. The van der Waals surface area contributed by atoms with E-state index in [2.05, 4.69) is 21.6 Å². The summed E-state index contributed by atoms with van der Waals surface area (Å²) in [4.78, 5) is 12.3. The summed E-state index contributed by atoms with van der Waals surface area (Å²) in [6, 6.07) is 21.7. The minimum absolute atomic E-state index is 0.0912. The number of carbonyl (C=O) groups excluding carboxylic acids is 1. The minimum atomic E-state index is -0.0912. The molecule has 6 nitrogen and oxygen atoms in total. The molecule has 2 heterocycles. The zero-order valence-corrected chi connectivity index (χ0v) is 16.7. The van der Waals surface area contributed by atoms with Crippen molar-refractivity contribution >= 4 is 17.7 Å². The molecule has 2 aromatic carbocycles. The van der Waals surface area contributed by atoms with E-state index >= 15 is 0 Å². The Morgan fingerprint density at radius 1 is 1.07 bits per heavy atom. The number of rotatable bonds is 7. The van der Waals surface area contributed by atoms with Gasteiger partial charge in [0.05, 0.1) is 18.6 Å². The van der Waals surface area contributed by atoms with Crippen LogP contribution in [-0.4, -0.2) is 26.4 Å². The molecule has 0 atom stereocenters. The minimum Gasteiger partial charge on any atom is -0.467 e. The maximum atomic E-state index is 12.3. The van der Waals surface area contributed by atoms with E-state index in [0.717, 1.165) is 28.4 Å². The Morgan fingerprint density at radius 2 is 1.93 bits per heavy atom. The van der Waals surface area contributed by atoms with Gasteiger partial charge in [-0.3, -0.25) is 9.36 Å². The number of hydrogen-bond acceptors (Lipinski definition) is 5. The van der Waals surface area contributed by atoms with E-state index in [1.54, 1.807) is 12.3 Å². The highest BCUT2D eigenvalue weighted by atomic mass is 32.2. The molecule has 0 bridgehead atoms. The third-order valence-electron chi connectivity index (χ3n) is 4.30. The van der Waals surface area contributed by atoms with E-state index in [4.69, 9.17) is 4.42 Å². The first-order valence-corrected chi connectivity index (χ1v) is 10.2. The molecule has 4 aromatic rings. The van der Waals surface area contributed by atoms with Crippen LogP contribution in [0.15, 0.2) is 82.6 Å². The van der Waals surface area contributed by atoms with Gasteiger partial charge in [-0.05, 0) is 36.8 Å². The van der Waals surface area contributed by atoms with Crippen molar-refractivity contribution in [2.45, 2.75) is 18.6 Å². The fraction of sp³-hybridized carbons (Fsp3) is 0.136. The Balaban J connectivity index is 1.56. The molecule has 0 saturated carbocycles. The zero-order chi connectivity index (χ0) is 20.1. The molecular weight excluding hydrogens is 384 g/mol. The van der Waals surface area contributed by atoms with Crippen LogP contribution in [0.4, 0.5) is 0 Å². The lowest BCUT2D eigenvalue weighted by molar-refractivity contribution is -0.118. The lowest BCUT2D eigenvalue weighted by atomic mass is 10.2. The lowest BCUT2D eigenvalue weighted by Crippen LogP contribution is -2.24. The molecule has 7 heteroatoms. The van der Waals surface area contributed by atoms with Gasteiger partial charge in [0.25, 0.3) is 0 Å². The van der Waals surface area contributed by atoms with E-state index < -0.39 is 0 Å².